The summed E-state index contributed by atoms with van der Waals surface area (Å²) in [6.45, 7) is 2.37. The zero-order valence-electron chi connectivity index (χ0n) is 10.5. The van der Waals surface area contributed by atoms with Crippen LogP contribution in [-0.4, -0.2) is 26.6 Å². The topological polar surface area (TPSA) is 87.6 Å². The molecule has 0 radical (unpaired) electrons. The number of hydrazone groups is 1. The smallest absolute Gasteiger partial charge is 0.276 e. The van der Waals surface area contributed by atoms with E-state index in [9.17, 15) is 13.2 Å². The lowest BCUT2D eigenvalue weighted by Crippen LogP contribution is -2.35. The molecule has 0 spiro atoms. The molecule has 0 saturated carbocycles. The Balaban J connectivity index is 2.11. The highest BCUT2D eigenvalue weighted by molar-refractivity contribution is 7.89. The van der Waals surface area contributed by atoms with Gasteiger partial charge in [-0.15, -0.1) is 0 Å². The molecule has 1 amide bonds. The lowest BCUT2D eigenvalue weighted by Gasteiger charge is -2.13. The molecule has 1 aromatic carbocycles. The summed E-state index contributed by atoms with van der Waals surface area (Å²) in [7, 11) is -3.66. The van der Waals surface area contributed by atoms with Gasteiger partial charge in [0.2, 0.25) is 5.91 Å². The van der Waals surface area contributed by atoms with Gasteiger partial charge < -0.3 is 5.32 Å². The third kappa shape index (κ3) is 3.54. The summed E-state index contributed by atoms with van der Waals surface area (Å²) in [4.78, 5) is 13.5. The second-order valence-corrected chi connectivity index (χ2v) is 6.02. The van der Waals surface area contributed by atoms with Crippen molar-refractivity contribution in [2.24, 2.45) is 5.10 Å². The van der Waals surface area contributed by atoms with Crippen molar-refractivity contribution in [2.45, 2.75) is 24.7 Å². The van der Waals surface area contributed by atoms with Crippen molar-refractivity contribution in [3.63, 3.8) is 0 Å². The molecule has 19 heavy (non-hydrogen) atoms. The minimum Gasteiger partial charge on any atom is -0.355 e. The van der Waals surface area contributed by atoms with Gasteiger partial charge in [0.05, 0.1) is 17.0 Å². The Hall–Kier alpha value is -1.89. The zero-order valence-corrected chi connectivity index (χ0v) is 11.3. The summed E-state index contributed by atoms with van der Waals surface area (Å²) in [5.74, 6) is -0.139. The molecule has 2 N–H and O–H groups in total. The molecule has 0 aromatic heterocycles. The van der Waals surface area contributed by atoms with Crippen molar-refractivity contribution in [1.29, 1.82) is 0 Å². The van der Waals surface area contributed by atoms with Crippen LogP contribution in [0, 0.1) is 6.92 Å². The number of carbonyl (C=O) groups excluding carboxylic acids is 1. The van der Waals surface area contributed by atoms with Crippen LogP contribution < -0.4 is 10.1 Å². The van der Waals surface area contributed by atoms with E-state index in [0.717, 1.165) is 5.56 Å². The summed E-state index contributed by atoms with van der Waals surface area (Å²) < 4.78 is 23.9. The van der Waals surface area contributed by atoms with Gasteiger partial charge in [-0.05, 0) is 19.1 Å². The molecule has 1 heterocycles. The van der Waals surface area contributed by atoms with E-state index in [1.54, 1.807) is 12.1 Å². The Bertz CT molecular complexity index is 606. The predicted octanol–water partition coefficient (Wildman–Crippen LogP) is 0.539. The van der Waals surface area contributed by atoms with Crippen LogP contribution in [-0.2, 0) is 14.8 Å². The fraction of sp³-hybridized carbons (Fsp3) is 0.333. The fourth-order valence-corrected chi connectivity index (χ4v) is 2.52. The van der Waals surface area contributed by atoms with Gasteiger partial charge in [-0.2, -0.15) is 13.5 Å². The van der Waals surface area contributed by atoms with Crippen molar-refractivity contribution < 1.29 is 13.2 Å². The maximum atomic E-state index is 11.9. The number of rotatable bonds is 3. The lowest BCUT2D eigenvalue weighted by molar-refractivity contribution is -0.120. The minimum absolute atomic E-state index is 0.135. The molecule has 1 fully saturated rings. The van der Waals surface area contributed by atoms with Gasteiger partial charge >= 0.3 is 0 Å². The highest BCUT2D eigenvalue weighted by atomic mass is 32.2. The van der Waals surface area contributed by atoms with E-state index in [1.165, 1.54) is 12.1 Å². The Kier molecular flexibility index (Phi) is 3.84. The third-order valence-corrected chi connectivity index (χ3v) is 3.98. The predicted molar refractivity (Wildman–Crippen MR) is 71.2 cm³/mol. The first-order valence-corrected chi connectivity index (χ1v) is 7.36. The van der Waals surface area contributed by atoms with Crippen LogP contribution in [0.3, 0.4) is 0 Å². The molecule has 1 aliphatic rings. The summed E-state index contributed by atoms with van der Waals surface area (Å²) >= 11 is 0. The quantitative estimate of drug-likeness (QED) is 0.793. The normalized spacial score (nSPS) is 18.2. The van der Waals surface area contributed by atoms with Crippen molar-refractivity contribution >= 4 is 21.6 Å². The summed E-state index contributed by atoms with van der Waals surface area (Å²) in [5.41, 5.74) is 1.52. The van der Waals surface area contributed by atoms with Crippen LogP contribution in [0.15, 0.2) is 34.3 Å². The molecule has 7 heteroatoms. The van der Waals surface area contributed by atoms with Crippen LogP contribution in [0.2, 0.25) is 0 Å². The molecule has 2 rings (SSSR count). The molecule has 0 bridgehead atoms. The largest absolute Gasteiger partial charge is 0.355 e. The van der Waals surface area contributed by atoms with Gasteiger partial charge in [-0.25, -0.2) is 4.83 Å². The summed E-state index contributed by atoms with van der Waals surface area (Å²) in [6, 6.07) is 6.47. The number of benzene rings is 1. The molecular formula is C12H15N3O3S. The van der Waals surface area contributed by atoms with E-state index < -0.39 is 10.0 Å². The molecular weight excluding hydrogens is 266 g/mol. The number of piperidine rings is 1. The second kappa shape index (κ2) is 5.40. The van der Waals surface area contributed by atoms with Gasteiger partial charge in [-0.3, -0.25) is 4.79 Å². The van der Waals surface area contributed by atoms with Crippen LogP contribution in [0.25, 0.3) is 0 Å². The molecule has 0 atom stereocenters. The third-order valence-electron chi connectivity index (χ3n) is 2.76. The SMILES string of the molecule is Cc1ccc(S(=O)(=O)NN=C2CCNC(=O)C2)cc1. The molecule has 6 nitrogen and oxygen atoms in total. The number of carbonyl (C=O) groups is 1. The van der Waals surface area contributed by atoms with Crippen LogP contribution in [0.4, 0.5) is 0 Å². The highest BCUT2D eigenvalue weighted by Crippen LogP contribution is 2.10. The van der Waals surface area contributed by atoms with Crippen molar-refractivity contribution in [3.8, 4) is 0 Å². The first-order chi connectivity index (χ1) is 8.97. The molecule has 0 aliphatic carbocycles. The summed E-state index contributed by atoms with van der Waals surface area (Å²) in [5, 5.41) is 6.47. The Morgan fingerprint density at radius 1 is 1.26 bits per heavy atom. The number of nitrogens with zero attached hydrogens (tertiary/aromatic N) is 1. The number of aryl methyl sites for hydroxylation is 1. The van der Waals surface area contributed by atoms with Gasteiger partial charge in [0.25, 0.3) is 10.0 Å². The van der Waals surface area contributed by atoms with E-state index in [4.69, 9.17) is 0 Å². The van der Waals surface area contributed by atoms with Crippen LogP contribution >= 0.6 is 0 Å². The second-order valence-electron chi connectivity index (χ2n) is 4.36. The van der Waals surface area contributed by atoms with Crippen molar-refractivity contribution in [2.75, 3.05) is 6.54 Å². The average Bonchev–Trinajstić information content (AvgIpc) is 2.37. The maximum Gasteiger partial charge on any atom is 0.276 e. The van der Waals surface area contributed by atoms with E-state index in [1.807, 2.05) is 6.92 Å². The molecule has 1 saturated heterocycles. The molecule has 0 unspecified atom stereocenters. The first kappa shape index (κ1) is 13.5. The number of hydrogen-bond acceptors (Lipinski definition) is 4. The Morgan fingerprint density at radius 2 is 1.95 bits per heavy atom. The summed E-state index contributed by atoms with van der Waals surface area (Å²) in [6.07, 6.45) is 0.693. The number of nitrogens with one attached hydrogen (secondary N) is 2. The molecule has 1 aliphatic heterocycles. The van der Waals surface area contributed by atoms with Crippen LogP contribution in [0.5, 0.6) is 0 Å². The monoisotopic (exact) mass is 281 g/mol. The molecule has 102 valence electrons. The highest BCUT2D eigenvalue weighted by Gasteiger charge is 2.16. The van der Waals surface area contributed by atoms with Gasteiger partial charge in [-0.1, -0.05) is 17.7 Å². The number of sulfonamides is 1. The lowest BCUT2D eigenvalue weighted by atomic mass is 10.1. The standard InChI is InChI=1S/C12H15N3O3S/c1-9-2-4-11(5-3-9)19(17,18)15-14-10-6-7-13-12(16)8-10/h2-5,15H,6-8H2,1H3,(H,13,16). The van der Waals surface area contributed by atoms with Gasteiger partial charge in [0, 0.05) is 13.0 Å². The Morgan fingerprint density at radius 3 is 2.58 bits per heavy atom. The first-order valence-electron chi connectivity index (χ1n) is 5.88. The number of hydrogen-bond donors (Lipinski definition) is 2. The molecule has 1 aromatic rings. The van der Waals surface area contributed by atoms with E-state index in [-0.39, 0.29) is 17.2 Å². The fourth-order valence-electron chi connectivity index (χ4n) is 1.67. The van der Waals surface area contributed by atoms with Gasteiger partial charge in [0.1, 0.15) is 0 Å². The zero-order chi connectivity index (χ0) is 13.9. The average molecular weight is 281 g/mol. The van der Waals surface area contributed by atoms with Crippen molar-refractivity contribution in [3.05, 3.63) is 29.8 Å². The van der Waals surface area contributed by atoms with Crippen molar-refractivity contribution in [1.82, 2.24) is 10.1 Å². The van der Waals surface area contributed by atoms with Gasteiger partial charge in [0.15, 0.2) is 0 Å². The van der Waals surface area contributed by atoms with E-state index in [2.05, 4.69) is 15.2 Å². The van der Waals surface area contributed by atoms with E-state index in [0.29, 0.717) is 18.7 Å². The van der Waals surface area contributed by atoms with Crippen LogP contribution in [0.1, 0.15) is 18.4 Å². The Labute approximate surface area is 112 Å². The number of amides is 1. The van der Waals surface area contributed by atoms with E-state index >= 15 is 0 Å². The maximum absolute atomic E-state index is 11.9. The minimum atomic E-state index is -3.66.